The molecule has 2 aliphatic rings. The summed E-state index contributed by atoms with van der Waals surface area (Å²) in [5, 5.41) is 2.41. The molecular weight excluding hydrogens is 879 g/mol. The second-order valence-electron chi connectivity index (χ2n) is 18.4. The second-order valence-corrected chi connectivity index (χ2v) is 19.5. The van der Waals surface area contributed by atoms with Crippen molar-refractivity contribution >= 4 is 82.7 Å². The fourth-order valence-electron chi connectivity index (χ4n) is 11.7. The van der Waals surface area contributed by atoms with Crippen LogP contribution in [0.3, 0.4) is 0 Å². The van der Waals surface area contributed by atoms with Gasteiger partial charge in [0.05, 0.1) is 11.1 Å². The summed E-state index contributed by atoms with van der Waals surface area (Å²) in [6.07, 6.45) is 0. The van der Waals surface area contributed by atoms with Gasteiger partial charge in [-0.2, -0.15) is 0 Å². The molecule has 4 heteroatoms. The zero-order valence-electron chi connectivity index (χ0n) is 38.7. The van der Waals surface area contributed by atoms with Crippen molar-refractivity contribution in [2.45, 2.75) is 5.41 Å². The number of hydrogen-bond donors (Lipinski definition) is 0. The minimum absolute atomic E-state index is 0.433. The van der Waals surface area contributed by atoms with Crippen LogP contribution in [-0.4, -0.2) is 0 Å². The van der Waals surface area contributed by atoms with Crippen LogP contribution in [0.1, 0.15) is 22.3 Å². The summed E-state index contributed by atoms with van der Waals surface area (Å²) in [6, 6.07) is 100. The molecule has 0 N–H and O–H groups in total. The summed E-state index contributed by atoms with van der Waals surface area (Å²) >= 11 is 1.86. The minimum Gasteiger partial charge on any atom is -0.310 e. The van der Waals surface area contributed by atoms with E-state index in [9.17, 15) is 0 Å². The number of hydrogen-bond acceptors (Lipinski definition) is 4. The van der Waals surface area contributed by atoms with Gasteiger partial charge >= 0.3 is 0 Å². The van der Waals surface area contributed by atoms with E-state index >= 15 is 0 Å². The van der Waals surface area contributed by atoms with E-state index < -0.39 is 5.41 Å². The molecule has 0 saturated heterocycles. The van der Waals surface area contributed by atoms with Gasteiger partial charge in [0.15, 0.2) is 0 Å². The molecule has 11 aromatic carbocycles. The van der Waals surface area contributed by atoms with Gasteiger partial charge < -0.3 is 14.7 Å². The molecule has 334 valence electrons. The largest absolute Gasteiger partial charge is 0.310 e. The van der Waals surface area contributed by atoms with E-state index in [1.54, 1.807) is 0 Å². The first-order valence-electron chi connectivity index (χ1n) is 24.3. The molecule has 0 saturated carbocycles. The quantitative estimate of drug-likeness (QED) is 0.143. The normalized spacial score (nSPS) is 12.6. The average Bonchev–Trinajstić information content (AvgIpc) is 4.07. The molecule has 0 amide bonds. The molecule has 0 fully saturated rings. The van der Waals surface area contributed by atoms with Crippen LogP contribution in [0.4, 0.5) is 51.2 Å². The van der Waals surface area contributed by atoms with E-state index in [0.29, 0.717) is 0 Å². The van der Waals surface area contributed by atoms with Gasteiger partial charge in [0.25, 0.3) is 0 Å². The first-order valence-corrected chi connectivity index (χ1v) is 25.2. The summed E-state index contributed by atoms with van der Waals surface area (Å²) < 4.78 is 2.43. The van der Waals surface area contributed by atoms with E-state index in [0.717, 1.165) is 51.2 Å². The maximum atomic E-state index is 2.51. The molecule has 3 nitrogen and oxygen atoms in total. The number of nitrogens with zero attached hydrogens (tertiary/aromatic N) is 3. The predicted molar refractivity (Wildman–Crippen MR) is 300 cm³/mol. The fraction of sp³-hybridized carbons (Fsp3) is 0.0149. The van der Waals surface area contributed by atoms with Crippen molar-refractivity contribution in [2.75, 3.05) is 14.7 Å². The van der Waals surface area contributed by atoms with Gasteiger partial charge in [-0.05, 0) is 148 Å². The number of thiophene rings is 1. The van der Waals surface area contributed by atoms with Gasteiger partial charge in [-0.1, -0.05) is 170 Å². The maximum absolute atomic E-state index is 2.51. The summed E-state index contributed by atoms with van der Waals surface area (Å²) in [7, 11) is 0. The van der Waals surface area contributed by atoms with Crippen molar-refractivity contribution in [3.05, 3.63) is 295 Å². The van der Waals surface area contributed by atoms with Gasteiger partial charge in [0.2, 0.25) is 0 Å². The van der Waals surface area contributed by atoms with Crippen molar-refractivity contribution in [3.63, 3.8) is 0 Å². The molecular formula is C67H45N3S. The number of benzene rings is 11. The van der Waals surface area contributed by atoms with E-state index in [1.807, 2.05) is 11.3 Å². The summed E-state index contributed by atoms with van der Waals surface area (Å²) in [4.78, 5) is 7.27. The van der Waals surface area contributed by atoms with Crippen molar-refractivity contribution in [3.8, 4) is 22.3 Å². The second kappa shape index (κ2) is 16.6. The highest BCUT2D eigenvalue weighted by Gasteiger charge is 2.51. The zero-order chi connectivity index (χ0) is 46.9. The third-order valence-electron chi connectivity index (χ3n) is 14.6. The highest BCUT2D eigenvalue weighted by atomic mass is 32.1. The zero-order valence-corrected chi connectivity index (χ0v) is 39.5. The molecule has 0 bridgehead atoms. The average molecular weight is 924 g/mol. The lowest BCUT2D eigenvalue weighted by atomic mass is 9.70. The van der Waals surface area contributed by atoms with Crippen molar-refractivity contribution in [1.29, 1.82) is 0 Å². The fourth-order valence-corrected chi connectivity index (χ4v) is 12.9. The van der Waals surface area contributed by atoms with Crippen LogP contribution in [0.25, 0.3) is 42.4 Å². The standard InChI is InChI=1S/C67H45N3S/c1-6-22-46(23-7-1)68(47-24-8-2-9-25-47)51-39-41-64-58(43-51)66-63(44-53(45-65(66)71-64)69(48-26-10-3-11-27-48)49-28-12-4-13-29-49)70(50-30-14-5-15-31-50)52-38-40-62-57(42-52)56-34-18-21-37-61(56)67(62)59-35-19-16-32-54(59)55-33-17-20-36-60(55)67/h1-45H. The molecule has 1 spiro atoms. The van der Waals surface area contributed by atoms with E-state index in [-0.39, 0.29) is 0 Å². The van der Waals surface area contributed by atoms with Crippen molar-refractivity contribution in [1.82, 2.24) is 0 Å². The highest BCUT2D eigenvalue weighted by Crippen LogP contribution is 2.63. The first-order chi connectivity index (χ1) is 35.2. The van der Waals surface area contributed by atoms with Crippen LogP contribution < -0.4 is 14.7 Å². The Hall–Kier alpha value is -8.96. The van der Waals surface area contributed by atoms with Gasteiger partial charge in [-0.3, -0.25) is 0 Å². The Morgan fingerprint density at radius 2 is 0.634 bits per heavy atom. The minimum atomic E-state index is -0.433. The van der Waals surface area contributed by atoms with Crippen LogP contribution in [0.2, 0.25) is 0 Å². The lowest BCUT2D eigenvalue weighted by molar-refractivity contribution is 0.794. The third-order valence-corrected chi connectivity index (χ3v) is 15.7. The number of rotatable bonds is 9. The molecule has 0 atom stereocenters. The smallest absolute Gasteiger partial charge is 0.0725 e. The molecule has 0 unspecified atom stereocenters. The van der Waals surface area contributed by atoms with Gasteiger partial charge in [0, 0.05) is 65.7 Å². The Morgan fingerprint density at radius 1 is 0.254 bits per heavy atom. The Labute approximate surface area is 418 Å². The maximum Gasteiger partial charge on any atom is 0.0725 e. The van der Waals surface area contributed by atoms with Crippen LogP contribution in [0, 0.1) is 0 Å². The summed E-state index contributed by atoms with van der Waals surface area (Å²) in [6.45, 7) is 0. The number of fused-ring (bicyclic) bond motifs is 13. The number of para-hydroxylation sites is 5. The van der Waals surface area contributed by atoms with Crippen molar-refractivity contribution in [2.24, 2.45) is 0 Å². The molecule has 14 rings (SSSR count). The lowest BCUT2D eigenvalue weighted by Crippen LogP contribution is -2.25. The van der Waals surface area contributed by atoms with E-state index in [2.05, 4.69) is 288 Å². The van der Waals surface area contributed by atoms with Crippen LogP contribution in [0.15, 0.2) is 273 Å². The SMILES string of the molecule is c1ccc(N(c2ccccc2)c2cc(N(c3ccccc3)c3ccc4c(c3)-c3ccccc3C43c4ccccc4-c4ccccc43)c3c(c2)sc2ccc(N(c4ccccc4)c4ccccc4)cc23)cc1. The first kappa shape index (κ1) is 41.1. The van der Waals surface area contributed by atoms with Crippen molar-refractivity contribution < 1.29 is 0 Å². The number of anilines is 9. The van der Waals surface area contributed by atoms with Crippen LogP contribution in [0.5, 0.6) is 0 Å². The Balaban J connectivity index is 1.05. The molecule has 0 radical (unpaired) electrons. The molecule has 1 heterocycles. The Bertz CT molecular complexity index is 3820. The molecule has 71 heavy (non-hydrogen) atoms. The third kappa shape index (κ3) is 6.42. The molecule has 2 aliphatic carbocycles. The van der Waals surface area contributed by atoms with Crippen LogP contribution >= 0.6 is 11.3 Å². The summed E-state index contributed by atoms with van der Waals surface area (Å²) in [5.41, 5.74) is 19.9. The topological polar surface area (TPSA) is 9.72 Å². The van der Waals surface area contributed by atoms with E-state index in [1.165, 1.54) is 64.7 Å². The lowest BCUT2D eigenvalue weighted by Gasteiger charge is -2.32. The van der Waals surface area contributed by atoms with E-state index in [4.69, 9.17) is 0 Å². The Morgan fingerprint density at radius 3 is 1.13 bits per heavy atom. The highest BCUT2D eigenvalue weighted by molar-refractivity contribution is 7.26. The molecule has 0 aliphatic heterocycles. The molecule has 12 aromatic rings. The molecule has 1 aromatic heterocycles. The monoisotopic (exact) mass is 923 g/mol. The van der Waals surface area contributed by atoms with Gasteiger partial charge in [-0.25, -0.2) is 0 Å². The summed E-state index contributed by atoms with van der Waals surface area (Å²) in [5.74, 6) is 0. The van der Waals surface area contributed by atoms with Gasteiger partial charge in [0.1, 0.15) is 0 Å². The van der Waals surface area contributed by atoms with Gasteiger partial charge in [-0.15, -0.1) is 11.3 Å². The predicted octanol–water partition coefficient (Wildman–Crippen LogP) is 18.8. The Kier molecular flexibility index (Phi) is 9.61. The van der Waals surface area contributed by atoms with Crippen LogP contribution in [-0.2, 0) is 5.41 Å².